The number of fused-ring (bicyclic) bond motifs is 3. The third kappa shape index (κ3) is 3.80. The lowest BCUT2D eigenvalue weighted by Gasteiger charge is -2.25. The van der Waals surface area contributed by atoms with Crippen LogP contribution in [-0.2, 0) is 0 Å². The molecule has 0 saturated heterocycles. The number of nitrogens with zero attached hydrogens (tertiary/aromatic N) is 4. The summed E-state index contributed by atoms with van der Waals surface area (Å²) in [5.41, 5.74) is 7.86. The number of benzene rings is 5. The van der Waals surface area contributed by atoms with Crippen molar-refractivity contribution in [3.05, 3.63) is 146 Å². The molecule has 0 N–H and O–H groups in total. The molecule has 0 fully saturated rings. The molecular weight excluding hydrogens is 464 g/mol. The van der Waals surface area contributed by atoms with Gasteiger partial charge in [0.25, 0.3) is 0 Å². The van der Waals surface area contributed by atoms with Gasteiger partial charge in [-0.05, 0) is 65.7 Å². The average Bonchev–Trinajstić information content (AvgIpc) is 3.33. The Morgan fingerprint density at radius 2 is 1.00 bits per heavy atom. The fraction of sp³-hybridized carbons (Fsp3) is 0. The van der Waals surface area contributed by atoms with Crippen LogP contribution in [0.5, 0.6) is 0 Å². The Balaban J connectivity index is 1.34. The van der Waals surface area contributed by atoms with E-state index in [1.165, 1.54) is 10.8 Å². The maximum Gasteiger partial charge on any atom is 0.234 e. The first kappa shape index (κ1) is 22.0. The third-order valence-corrected chi connectivity index (χ3v) is 6.91. The second kappa shape index (κ2) is 9.34. The normalized spacial score (nSPS) is 11.2. The van der Waals surface area contributed by atoms with Crippen LogP contribution in [0, 0.1) is 0 Å². The first-order chi connectivity index (χ1) is 18.9. The van der Waals surface area contributed by atoms with Crippen LogP contribution in [0.1, 0.15) is 0 Å². The molecule has 0 aliphatic carbocycles. The van der Waals surface area contributed by atoms with Gasteiger partial charge in [-0.25, -0.2) is 9.97 Å². The van der Waals surface area contributed by atoms with E-state index in [2.05, 4.69) is 135 Å². The van der Waals surface area contributed by atoms with Crippen molar-refractivity contribution in [3.63, 3.8) is 0 Å². The summed E-state index contributed by atoms with van der Waals surface area (Å²) < 4.78 is 2.15. The van der Waals surface area contributed by atoms with Crippen molar-refractivity contribution in [2.75, 3.05) is 4.90 Å². The minimum atomic E-state index is 0.674. The maximum atomic E-state index is 4.56. The molecule has 5 aromatic carbocycles. The van der Waals surface area contributed by atoms with Gasteiger partial charge in [0, 0.05) is 40.2 Å². The highest BCUT2D eigenvalue weighted by molar-refractivity contribution is 6.10. The summed E-state index contributed by atoms with van der Waals surface area (Å²) in [5, 5.41) is 2.38. The SMILES string of the molecule is c1ccc(N(c2ccccc2)c2ccc(-c3ccc4c5ccccc5n(-c5ncccn5)c4c3)cc2)cc1. The second-order valence-corrected chi connectivity index (χ2v) is 9.19. The first-order valence-electron chi connectivity index (χ1n) is 12.7. The Bertz CT molecular complexity index is 1800. The number of hydrogen-bond donors (Lipinski definition) is 0. The predicted octanol–water partition coefficient (Wildman–Crippen LogP) is 8.71. The van der Waals surface area contributed by atoms with Crippen molar-refractivity contribution in [1.29, 1.82) is 0 Å². The van der Waals surface area contributed by atoms with Crippen LogP contribution in [-0.4, -0.2) is 14.5 Å². The molecule has 0 radical (unpaired) electrons. The molecule has 0 amide bonds. The zero-order chi connectivity index (χ0) is 25.3. The number of anilines is 3. The number of hydrogen-bond acceptors (Lipinski definition) is 3. The van der Waals surface area contributed by atoms with Crippen molar-refractivity contribution in [1.82, 2.24) is 14.5 Å². The molecule has 0 unspecified atom stereocenters. The fourth-order valence-corrected chi connectivity index (χ4v) is 5.18. The average molecular weight is 489 g/mol. The number of rotatable bonds is 5. The highest BCUT2D eigenvalue weighted by Gasteiger charge is 2.15. The standard InChI is InChI=1S/C34H24N4/c1-3-10-27(11-4-1)37(28-12-5-2-6-13-28)29-19-16-25(17-20-29)26-18-21-31-30-14-7-8-15-32(30)38(33(31)24-26)34-35-22-9-23-36-34/h1-24H. The van der Waals surface area contributed by atoms with Crippen molar-refractivity contribution in [2.24, 2.45) is 0 Å². The lowest BCUT2D eigenvalue weighted by molar-refractivity contribution is 0.988. The smallest absolute Gasteiger partial charge is 0.234 e. The summed E-state index contributed by atoms with van der Waals surface area (Å²) in [5.74, 6) is 0.674. The molecule has 0 aliphatic heterocycles. The topological polar surface area (TPSA) is 34.0 Å². The molecule has 0 spiro atoms. The number of para-hydroxylation sites is 3. The second-order valence-electron chi connectivity index (χ2n) is 9.19. The summed E-state index contributed by atoms with van der Waals surface area (Å²) in [4.78, 5) is 11.4. The fourth-order valence-electron chi connectivity index (χ4n) is 5.18. The van der Waals surface area contributed by atoms with Crippen molar-refractivity contribution >= 4 is 38.9 Å². The van der Waals surface area contributed by atoms with E-state index < -0.39 is 0 Å². The largest absolute Gasteiger partial charge is 0.311 e. The molecule has 4 heteroatoms. The van der Waals surface area contributed by atoms with Gasteiger partial charge in [0.15, 0.2) is 0 Å². The number of aromatic nitrogens is 3. The van der Waals surface area contributed by atoms with Gasteiger partial charge in [0.1, 0.15) is 0 Å². The molecule has 7 rings (SSSR count). The minimum absolute atomic E-state index is 0.674. The molecule has 180 valence electrons. The summed E-state index contributed by atoms with van der Waals surface area (Å²) in [6.45, 7) is 0. The van der Waals surface area contributed by atoms with Crippen molar-refractivity contribution in [2.45, 2.75) is 0 Å². The van der Waals surface area contributed by atoms with E-state index in [1.807, 2.05) is 18.2 Å². The van der Waals surface area contributed by atoms with Crippen LogP contribution in [0.25, 0.3) is 38.9 Å². The van der Waals surface area contributed by atoms with Crippen molar-refractivity contribution in [3.8, 4) is 17.1 Å². The summed E-state index contributed by atoms with van der Waals surface area (Å²) in [7, 11) is 0. The van der Waals surface area contributed by atoms with E-state index >= 15 is 0 Å². The molecule has 4 nitrogen and oxygen atoms in total. The van der Waals surface area contributed by atoms with Gasteiger partial charge in [0.2, 0.25) is 5.95 Å². The monoisotopic (exact) mass is 488 g/mol. The Hall–Kier alpha value is -5.22. The molecule has 7 aromatic rings. The summed E-state index contributed by atoms with van der Waals surface area (Å²) in [6.07, 6.45) is 3.58. The zero-order valence-corrected chi connectivity index (χ0v) is 20.6. The van der Waals surface area contributed by atoms with Crippen LogP contribution in [0.4, 0.5) is 17.1 Å². The van der Waals surface area contributed by atoms with Crippen LogP contribution < -0.4 is 4.90 Å². The Morgan fingerprint density at radius 3 is 1.68 bits per heavy atom. The molecular formula is C34H24N4. The van der Waals surface area contributed by atoms with Crippen LogP contribution >= 0.6 is 0 Å². The van der Waals surface area contributed by atoms with E-state index in [9.17, 15) is 0 Å². The van der Waals surface area contributed by atoms with Gasteiger partial charge < -0.3 is 4.90 Å². The van der Waals surface area contributed by atoms with Gasteiger partial charge in [-0.1, -0.05) is 78.9 Å². The lowest BCUT2D eigenvalue weighted by Crippen LogP contribution is -2.09. The van der Waals surface area contributed by atoms with Crippen molar-refractivity contribution < 1.29 is 0 Å². The Labute approximate surface area is 221 Å². The lowest BCUT2D eigenvalue weighted by atomic mass is 10.0. The first-order valence-corrected chi connectivity index (χ1v) is 12.7. The van der Waals surface area contributed by atoms with Gasteiger partial charge in [-0.15, -0.1) is 0 Å². The third-order valence-electron chi connectivity index (χ3n) is 6.91. The Kier molecular flexibility index (Phi) is 5.41. The quantitative estimate of drug-likeness (QED) is 0.243. The minimum Gasteiger partial charge on any atom is -0.311 e. The summed E-state index contributed by atoms with van der Waals surface area (Å²) >= 11 is 0. The Morgan fingerprint density at radius 1 is 0.447 bits per heavy atom. The molecule has 0 atom stereocenters. The molecule has 0 saturated carbocycles. The molecule has 2 heterocycles. The predicted molar refractivity (Wildman–Crippen MR) is 156 cm³/mol. The highest BCUT2D eigenvalue weighted by Crippen LogP contribution is 2.37. The highest BCUT2D eigenvalue weighted by atomic mass is 15.2. The zero-order valence-electron chi connectivity index (χ0n) is 20.6. The van der Waals surface area contributed by atoms with Crippen LogP contribution in [0.2, 0.25) is 0 Å². The summed E-state index contributed by atoms with van der Waals surface area (Å²) in [6, 6.07) is 46.6. The van der Waals surface area contributed by atoms with Gasteiger partial charge >= 0.3 is 0 Å². The molecule has 0 bridgehead atoms. The van der Waals surface area contributed by atoms with E-state index in [0.29, 0.717) is 5.95 Å². The maximum absolute atomic E-state index is 4.56. The van der Waals surface area contributed by atoms with E-state index in [4.69, 9.17) is 0 Å². The van der Waals surface area contributed by atoms with Gasteiger partial charge in [-0.2, -0.15) is 0 Å². The van der Waals surface area contributed by atoms with Gasteiger partial charge in [0.05, 0.1) is 11.0 Å². The van der Waals surface area contributed by atoms with E-state index in [1.54, 1.807) is 12.4 Å². The molecule has 0 aliphatic rings. The van der Waals surface area contributed by atoms with Gasteiger partial charge in [-0.3, -0.25) is 4.57 Å². The van der Waals surface area contributed by atoms with Crippen LogP contribution in [0.3, 0.4) is 0 Å². The van der Waals surface area contributed by atoms with E-state index in [-0.39, 0.29) is 0 Å². The van der Waals surface area contributed by atoms with Crippen LogP contribution in [0.15, 0.2) is 146 Å². The molecule has 38 heavy (non-hydrogen) atoms. The van der Waals surface area contributed by atoms with E-state index in [0.717, 1.165) is 39.2 Å². The molecule has 2 aromatic heterocycles.